The highest BCUT2D eigenvalue weighted by Gasteiger charge is 2.50. The van der Waals surface area contributed by atoms with Crippen LogP contribution in [0, 0.1) is 0 Å². The van der Waals surface area contributed by atoms with E-state index in [1.54, 1.807) is 54.2 Å². The van der Waals surface area contributed by atoms with E-state index in [9.17, 15) is 14.7 Å². The van der Waals surface area contributed by atoms with Gasteiger partial charge in [0.05, 0.1) is 12.2 Å². The predicted molar refractivity (Wildman–Crippen MR) is 118 cm³/mol. The van der Waals surface area contributed by atoms with Gasteiger partial charge in [-0.3, -0.25) is 14.5 Å². The second-order valence-corrected chi connectivity index (χ2v) is 8.32. The van der Waals surface area contributed by atoms with Gasteiger partial charge in [0.2, 0.25) is 0 Å². The zero-order valence-electron chi connectivity index (χ0n) is 16.8. The molecule has 0 saturated carbocycles. The van der Waals surface area contributed by atoms with Crippen molar-refractivity contribution in [1.82, 2.24) is 4.90 Å². The van der Waals surface area contributed by atoms with E-state index < -0.39 is 5.72 Å². The Morgan fingerprint density at radius 3 is 2.71 bits per heavy atom. The van der Waals surface area contributed by atoms with Crippen molar-refractivity contribution in [2.45, 2.75) is 17.2 Å². The third kappa shape index (κ3) is 3.08. The van der Waals surface area contributed by atoms with Crippen molar-refractivity contribution in [2.75, 3.05) is 18.2 Å². The maximum absolute atomic E-state index is 13.4. The molecule has 3 aromatic rings. The normalized spacial score (nSPS) is 19.5. The van der Waals surface area contributed by atoms with Crippen molar-refractivity contribution in [3.05, 3.63) is 89.0 Å². The molecule has 0 aliphatic carbocycles. The van der Waals surface area contributed by atoms with Gasteiger partial charge in [0.15, 0.2) is 12.3 Å². The average Bonchev–Trinajstić information content (AvgIpc) is 3.02. The Bertz CT molecular complexity index is 1210. The first kappa shape index (κ1) is 19.7. The average molecular weight is 433 g/mol. The molecule has 0 spiro atoms. The number of carbonyl (C=O) groups excluding carboxylic acids is 2. The SMILES string of the molecule is CSc1ccccc1CN1C(=O)c2ccccc2C1(O)c1ccc2c(c1)NC(=O)CO2. The van der Waals surface area contributed by atoms with Crippen molar-refractivity contribution >= 4 is 29.3 Å². The molecule has 0 fully saturated rings. The summed E-state index contributed by atoms with van der Waals surface area (Å²) in [6, 6.07) is 20.0. The van der Waals surface area contributed by atoms with Crippen molar-refractivity contribution in [3.63, 3.8) is 0 Å². The number of benzene rings is 3. The van der Waals surface area contributed by atoms with Crippen LogP contribution in [-0.4, -0.2) is 34.7 Å². The quantitative estimate of drug-likeness (QED) is 0.616. The Labute approximate surface area is 183 Å². The van der Waals surface area contributed by atoms with Gasteiger partial charge in [-0.05, 0) is 36.1 Å². The van der Waals surface area contributed by atoms with Crippen molar-refractivity contribution < 1.29 is 19.4 Å². The molecule has 2 N–H and O–H groups in total. The molecule has 7 heteroatoms. The molecule has 6 nitrogen and oxygen atoms in total. The Morgan fingerprint density at radius 2 is 1.87 bits per heavy atom. The van der Waals surface area contributed by atoms with E-state index in [4.69, 9.17) is 4.74 Å². The highest BCUT2D eigenvalue weighted by atomic mass is 32.2. The fourth-order valence-electron chi connectivity index (χ4n) is 4.21. The van der Waals surface area contributed by atoms with E-state index in [2.05, 4.69) is 5.32 Å². The number of anilines is 1. The lowest BCUT2D eigenvalue weighted by atomic mass is 9.93. The number of aliphatic hydroxyl groups is 1. The number of nitrogens with one attached hydrogen (secondary N) is 1. The summed E-state index contributed by atoms with van der Waals surface area (Å²) in [5, 5.41) is 14.9. The van der Waals surface area contributed by atoms with Crippen LogP contribution in [0.2, 0.25) is 0 Å². The minimum Gasteiger partial charge on any atom is -0.482 e. The zero-order chi connectivity index (χ0) is 21.6. The van der Waals surface area contributed by atoms with Crippen LogP contribution >= 0.6 is 11.8 Å². The summed E-state index contributed by atoms with van der Waals surface area (Å²) in [5.41, 5.74) is 1.20. The largest absolute Gasteiger partial charge is 0.482 e. The summed E-state index contributed by atoms with van der Waals surface area (Å²) in [4.78, 5) is 27.7. The minimum atomic E-state index is -1.68. The number of amides is 2. The van der Waals surface area contributed by atoms with Gasteiger partial charge in [-0.25, -0.2) is 0 Å². The van der Waals surface area contributed by atoms with Gasteiger partial charge in [0.25, 0.3) is 11.8 Å². The number of hydrogen-bond donors (Lipinski definition) is 2. The molecular formula is C24H20N2O4S. The van der Waals surface area contributed by atoms with E-state index >= 15 is 0 Å². The van der Waals surface area contributed by atoms with E-state index in [0.717, 1.165) is 10.5 Å². The summed E-state index contributed by atoms with van der Waals surface area (Å²) in [7, 11) is 0. The lowest BCUT2D eigenvalue weighted by Gasteiger charge is -2.36. The molecule has 0 saturated heterocycles. The van der Waals surface area contributed by atoms with Crippen LogP contribution < -0.4 is 10.1 Å². The summed E-state index contributed by atoms with van der Waals surface area (Å²) in [5.74, 6) is 0.0288. The summed E-state index contributed by atoms with van der Waals surface area (Å²) >= 11 is 1.60. The Morgan fingerprint density at radius 1 is 1.10 bits per heavy atom. The van der Waals surface area contributed by atoms with E-state index in [-0.39, 0.29) is 25.0 Å². The molecule has 1 unspecified atom stereocenters. The molecule has 156 valence electrons. The Hall–Kier alpha value is -3.29. The van der Waals surface area contributed by atoms with Crippen LogP contribution in [0.3, 0.4) is 0 Å². The predicted octanol–water partition coefficient (Wildman–Crippen LogP) is 3.59. The van der Waals surface area contributed by atoms with E-state index in [1.165, 1.54) is 4.90 Å². The van der Waals surface area contributed by atoms with Crippen LogP contribution in [0.4, 0.5) is 5.69 Å². The second-order valence-electron chi connectivity index (χ2n) is 7.47. The molecule has 31 heavy (non-hydrogen) atoms. The molecule has 3 aromatic carbocycles. The molecule has 1 atom stereocenters. The maximum atomic E-state index is 13.4. The molecule has 2 aliphatic heterocycles. The van der Waals surface area contributed by atoms with Crippen molar-refractivity contribution in [1.29, 1.82) is 0 Å². The summed E-state index contributed by atoms with van der Waals surface area (Å²) in [6.45, 7) is 0.191. The third-order valence-electron chi connectivity index (χ3n) is 5.70. The van der Waals surface area contributed by atoms with Gasteiger partial charge in [0, 0.05) is 21.6 Å². The molecule has 2 amide bonds. The van der Waals surface area contributed by atoms with Crippen LogP contribution in [0.15, 0.2) is 71.6 Å². The fourth-order valence-corrected chi connectivity index (χ4v) is 4.82. The standard InChI is InChI=1S/C24H20N2O4S/c1-31-21-9-5-2-6-15(21)13-26-23(28)17-7-3-4-8-18(17)24(26,29)16-10-11-20-19(12-16)25-22(27)14-30-20/h2-12,29H,13-14H2,1H3,(H,25,27). The van der Waals surface area contributed by atoms with Gasteiger partial charge >= 0.3 is 0 Å². The number of carbonyl (C=O) groups is 2. The molecule has 0 radical (unpaired) electrons. The third-order valence-corrected chi connectivity index (χ3v) is 6.54. The Balaban J connectivity index is 1.65. The van der Waals surface area contributed by atoms with Crippen LogP contribution in [-0.2, 0) is 17.1 Å². The van der Waals surface area contributed by atoms with Gasteiger partial charge in [-0.15, -0.1) is 11.8 Å². The lowest BCUT2D eigenvalue weighted by Crippen LogP contribution is -2.44. The van der Waals surface area contributed by atoms with Crippen LogP contribution in [0.1, 0.15) is 27.0 Å². The van der Waals surface area contributed by atoms with Gasteiger partial charge in [0.1, 0.15) is 5.75 Å². The van der Waals surface area contributed by atoms with Crippen LogP contribution in [0.5, 0.6) is 5.75 Å². The first-order valence-corrected chi connectivity index (χ1v) is 11.1. The van der Waals surface area contributed by atoms with Gasteiger partial charge in [-0.1, -0.05) is 42.5 Å². The first-order valence-electron chi connectivity index (χ1n) is 9.85. The molecule has 5 rings (SSSR count). The monoisotopic (exact) mass is 432 g/mol. The molecular weight excluding hydrogens is 412 g/mol. The fraction of sp³-hybridized carbons (Fsp3) is 0.167. The number of hydrogen-bond acceptors (Lipinski definition) is 5. The first-order chi connectivity index (χ1) is 15.0. The lowest BCUT2D eigenvalue weighted by molar-refractivity contribution is -0.118. The number of fused-ring (bicyclic) bond motifs is 2. The maximum Gasteiger partial charge on any atom is 0.262 e. The van der Waals surface area contributed by atoms with Crippen molar-refractivity contribution in [2.24, 2.45) is 0 Å². The molecule has 0 aromatic heterocycles. The zero-order valence-corrected chi connectivity index (χ0v) is 17.6. The number of rotatable bonds is 4. The summed E-state index contributed by atoms with van der Waals surface area (Å²) < 4.78 is 5.45. The second kappa shape index (κ2) is 7.44. The van der Waals surface area contributed by atoms with E-state index in [0.29, 0.717) is 28.1 Å². The molecule has 0 bridgehead atoms. The highest BCUT2D eigenvalue weighted by molar-refractivity contribution is 7.98. The van der Waals surface area contributed by atoms with Crippen molar-refractivity contribution in [3.8, 4) is 5.75 Å². The number of ether oxygens (including phenoxy) is 1. The van der Waals surface area contributed by atoms with Gasteiger partial charge < -0.3 is 15.2 Å². The number of thioether (sulfide) groups is 1. The molecule has 2 heterocycles. The minimum absolute atomic E-state index is 0.0461. The van der Waals surface area contributed by atoms with Gasteiger partial charge in [-0.2, -0.15) is 0 Å². The summed E-state index contributed by atoms with van der Waals surface area (Å²) in [6.07, 6.45) is 1.98. The van der Waals surface area contributed by atoms with E-state index in [1.807, 2.05) is 30.5 Å². The highest BCUT2D eigenvalue weighted by Crippen LogP contribution is 2.45. The smallest absolute Gasteiger partial charge is 0.262 e. The topological polar surface area (TPSA) is 78.9 Å². The Kier molecular flexibility index (Phi) is 4.72. The molecule has 2 aliphatic rings. The van der Waals surface area contributed by atoms with Crippen LogP contribution in [0.25, 0.3) is 0 Å². The number of nitrogens with zero attached hydrogens (tertiary/aromatic N) is 1.